The van der Waals surface area contributed by atoms with Gasteiger partial charge in [-0.15, -0.1) is 0 Å². The van der Waals surface area contributed by atoms with Crippen LogP contribution in [0, 0.1) is 6.92 Å². The Labute approximate surface area is 186 Å². The smallest absolute Gasteiger partial charge is 0.223 e. The van der Waals surface area contributed by atoms with E-state index in [0.717, 1.165) is 53.7 Å². The van der Waals surface area contributed by atoms with Crippen LogP contribution in [-0.4, -0.2) is 31.4 Å². The summed E-state index contributed by atoms with van der Waals surface area (Å²) in [7, 11) is 0. The van der Waals surface area contributed by atoms with Crippen molar-refractivity contribution in [2.75, 3.05) is 5.32 Å². The third-order valence-electron chi connectivity index (χ3n) is 5.92. The number of benzene rings is 1. The highest BCUT2D eigenvalue weighted by molar-refractivity contribution is 6.32. The van der Waals surface area contributed by atoms with Crippen molar-refractivity contribution in [2.45, 2.75) is 44.7 Å². The van der Waals surface area contributed by atoms with Crippen molar-refractivity contribution in [2.24, 2.45) is 5.73 Å². The number of fused-ring (bicyclic) bond motifs is 1. The maximum absolute atomic E-state index is 6.54. The topological polar surface area (TPSA) is 81.1 Å². The van der Waals surface area contributed by atoms with Crippen LogP contribution >= 0.6 is 11.6 Å². The fraction of sp³-hybridized carbons (Fsp3) is 0.292. The lowest BCUT2D eigenvalue weighted by Gasteiger charge is -2.26. The minimum absolute atomic E-state index is 0.306. The van der Waals surface area contributed by atoms with Crippen LogP contribution in [-0.2, 0) is 0 Å². The van der Waals surface area contributed by atoms with E-state index in [9.17, 15) is 0 Å². The predicted molar refractivity (Wildman–Crippen MR) is 125 cm³/mol. The molecule has 3 aromatic heterocycles. The number of halogens is 1. The van der Waals surface area contributed by atoms with Gasteiger partial charge in [-0.05, 0) is 49.8 Å². The summed E-state index contributed by atoms with van der Waals surface area (Å²) in [4.78, 5) is 13.9. The zero-order valence-corrected chi connectivity index (χ0v) is 18.2. The average molecular weight is 433 g/mol. The Kier molecular flexibility index (Phi) is 5.34. The normalized spacial score (nSPS) is 18.9. The highest BCUT2D eigenvalue weighted by atomic mass is 35.5. The average Bonchev–Trinajstić information content (AvgIpc) is 3.20. The number of imidazole rings is 1. The number of pyridine rings is 1. The number of hydrogen-bond donors (Lipinski definition) is 2. The third kappa shape index (κ3) is 4.01. The Balaban J connectivity index is 1.54. The first-order chi connectivity index (χ1) is 15.1. The van der Waals surface area contributed by atoms with Gasteiger partial charge < -0.3 is 11.1 Å². The number of aromatic nitrogens is 4. The first kappa shape index (κ1) is 20.0. The second-order valence-corrected chi connectivity index (χ2v) is 8.69. The molecule has 1 aromatic carbocycles. The van der Waals surface area contributed by atoms with Crippen LogP contribution in [0.4, 0.5) is 5.95 Å². The van der Waals surface area contributed by atoms with Crippen molar-refractivity contribution in [1.29, 1.82) is 0 Å². The number of nitrogens with zero attached hydrogens (tertiary/aromatic N) is 4. The van der Waals surface area contributed by atoms with E-state index >= 15 is 0 Å². The maximum atomic E-state index is 6.54. The molecule has 0 atom stereocenters. The predicted octanol–water partition coefficient (Wildman–Crippen LogP) is 5.10. The van der Waals surface area contributed by atoms with Gasteiger partial charge in [-0.2, -0.15) is 0 Å². The summed E-state index contributed by atoms with van der Waals surface area (Å²) in [6.45, 7) is 2.08. The lowest BCUT2D eigenvalue weighted by Crippen LogP contribution is -2.33. The van der Waals surface area contributed by atoms with Crippen LogP contribution in [0.5, 0.6) is 0 Å². The van der Waals surface area contributed by atoms with Crippen LogP contribution < -0.4 is 11.1 Å². The quantitative estimate of drug-likeness (QED) is 0.468. The summed E-state index contributed by atoms with van der Waals surface area (Å²) in [6.07, 6.45) is 9.65. The Hall–Kier alpha value is -2.96. The van der Waals surface area contributed by atoms with Gasteiger partial charge in [-0.3, -0.25) is 4.40 Å². The summed E-state index contributed by atoms with van der Waals surface area (Å²) in [5, 5.41) is 3.96. The number of hydrogen-bond acceptors (Lipinski definition) is 5. The maximum Gasteiger partial charge on any atom is 0.223 e. The van der Waals surface area contributed by atoms with Gasteiger partial charge in [0.15, 0.2) is 0 Å². The van der Waals surface area contributed by atoms with Crippen molar-refractivity contribution >= 4 is 23.2 Å². The van der Waals surface area contributed by atoms with Crippen LogP contribution in [0.25, 0.3) is 28.2 Å². The molecule has 4 aromatic rings. The summed E-state index contributed by atoms with van der Waals surface area (Å²) in [5.41, 5.74) is 11.8. The minimum Gasteiger partial charge on any atom is -0.351 e. The van der Waals surface area contributed by atoms with Gasteiger partial charge in [-0.25, -0.2) is 15.0 Å². The second kappa shape index (κ2) is 8.29. The Morgan fingerprint density at radius 1 is 1.06 bits per heavy atom. The van der Waals surface area contributed by atoms with Gasteiger partial charge in [0.2, 0.25) is 5.95 Å². The lowest BCUT2D eigenvalue weighted by atomic mass is 9.92. The molecule has 0 aliphatic heterocycles. The van der Waals surface area contributed by atoms with E-state index in [1.807, 2.05) is 24.4 Å². The standard InChI is InChI=1S/C24H25ClN6/c1-15-11-19(16-5-3-2-4-6-16)23-27-13-21(31(23)14-15)22-20(25)12-28-24(30-22)29-18-9-7-17(26)8-10-18/h2-6,11-14,17-18H,7-10,26H2,1H3,(H,28,29,30). The van der Waals surface area contributed by atoms with Crippen LogP contribution in [0.2, 0.25) is 5.02 Å². The van der Waals surface area contributed by atoms with E-state index in [-0.39, 0.29) is 0 Å². The first-order valence-electron chi connectivity index (χ1n) is 10.7. The van der Waals surface area contributed by atoms with Gasteiger partial charge in [0, 0.05) is 23.8 Å². The monoisotopic (exact) mass is 432 g/mol. The molecule has 1 aliphatic carbocycles. The molecule has 3 N–H and O–H groups in total. The number of aryl methyl sites for hydroxylation is 1. The molecule has 0 amide bonds. The van der Waals surface area contributed by atoms with Gasteiger partial charge in [0.1, 0.15) is 11.3 Å². The van der Waals surface area contributed by atoms with E-state index in [2.05, 4.69) is 46.0 Å². The van der Waals surface area contributed by atoms with Crippen molar-refractivity contribution in [3.63, 3.8) is 0 Å². The molecule has 0 unspecified atom stereocenters. The van der Waals surface area contributed by atoms with E-state index in [0.29, 0.717) is 28.7 Å². The molecule has 0 bridgehead atoms. The first-order valence-corrected chi connectivity index (χ1v) is 11.0. The molecule has 1 fully saturated rings. The number of rotatable bonds is 4. The molecular weight excluding hydrogens is 408 g/mol. The number of anilines is 1. The summed E-state index contributed by atoms with van der Waals surface area (Å²) in [6, 6.07) is 13.1. The van der Waals surface area contributed by atoms with E-state index < -0.39 is 0 Å². The summed E-state index contributed by atoms with van der Waals surface area (Å²) >= 11 is 6.54. The number of nitrogens with two attached hydrogens (primary N) is 1. The molecule has 7 heteroatoms. The Bertz CT molecular complexity index is 1210. The molecular formula is C24H25ClN6. The molecule has 0 radical (unpaired) electrons. The molecule has 158 valence electrons. The van der Waals surface area contributed by atoms with E-state index in [1.54, 1.807) is 6.20 Å². The zero-order chi connectivity index (χ0) is 21.4. The van der Waals surface area contributed by atoms with Crippen LogP contribution in [0.1, 0.15) is 31.2 Å². The zero-order valence-electron chi connectivity index (χ0n) is 17.4. The fourth-order valence-electron chi connectivity index (χ4n) is 4.29. The highest BCUT2D eigenvalue weighted by Crippen LogP contribution is 2.32. The van der Waals surface area contributed by atoms with Crippen LogP contribution in [0.3, 0.4) is 0 Å². The number of nitrogens with one attached hydrogen (secondary N) is 1. The van der Waals surface area contributed by atoms with E-state index in [1.165, 1.54) is 0 Å². The van der Waals surface area contributed by atoms with Gasteiger partial charge in [0.05, 0.1) is 23.1 Å². The van der Waals surface area contributed by atoms with Crippen molar-refractivity contribution in [3.8, 4) is 22.5 Å². The third-order valence-corrected chi connectivity index (χ3v) is 6.20. The SMILES string of the molecule is Cc1cc(-c2ccccc2)c2ncc(-c3nc(NC4CCC(N)CC4)ncc3Cl)n2c1. The summed E-state index contributed by atoms with van der Waals surface area (Å²) in [5.74, 6) is 0.589. The Morgan fingerprint density at radius 2 is 1.84 bits per heavy atom. The molecule has 0 saturated heterocycles. The molecule has 3 heterocycles. The minimum atomic E-state index is 0.306. The van der Waals surface area contributed by atoms with Crippen molar-refractivity contribution in [3.05, 3.63) is 65.6 Å². The molecule has 1 aliphatic rings. The van der Waals surface area contributed by atoms with Crippen LogP contribution in [0.15, 0.2) is 55.0 Å². The fourth-order valence-corrected chi connectivity index (χ4v) is 4.48. The van der Waals surface area contributed by atoms with Gasteiger partial charge >= 0.3 is 0 Å². The second-order valence-electron chi connectivity index (χ2n) is 8.28. The Morgan fingerprint density at radius 3 is 2.61 bits per heavy atom. The van der Waals surface area contributed by atoms with Crippen molar-refractivity contribution in [1.82, 2.24) is 19.4 Å². The molecule has 6 nitrogen and oxygen atoms in total. The van der Waals surface area contributed by atoms with Crippen molar-refractivity contribution < 1.29 is 0 Å². The largest absolute Gasteiger partial charge is 0.351 e. The van der Waals surface area contributed by atoms with E-state index in [4.69, 9.17) is 27.3 Å². The van der Waals surface area contributed by atoms with Gasteiger partial charge in [0.25, 0.3) is 0 Å². The summed E-state index contributed by atoms with van der Waals surface area (Å²) < 4.78 is 2.06. The molecule has 0 spiro atoms. The van der Waals surface area contributed by atoms with Gasteiger partial charge in [-0.1, -0.05) is 41.9 Å². The highest BCUT2D eigenvalue weighted by Gasteiger charge is 2.20. The molecule has 31 heavy (non-hydrogen) atoms. The lowest BCUT2D eigenvalue weighted by molar-refractivity contribution is 0.410. The molecule has 1 saturated carbocycles. The molecule has 5 rings (SSSR count).